The average Bonchev–Trinajstić information content (AvgIpc) is 3.04. The average molecular weight is 660 g/mol. The van der Waals surface area contributed by atoms with Crippen LogP contribution in [0.4, 0.5) is 26.7 Å². The number of carbonyl (C=O) groups is 6. The Bertz CT molecular complexity index is 2000. The third-order valence-corrected chi connectivity index (χ3v) is 10.8. The minimum atomic E-state index is -1.48. The first-order valence-electron chi connectivity index (χ1n) is 16.3. The summed E-state index contributed by atoms with van der Waals surface area (Å²) in [5.41, 5.74) is -1.28. The van der Waals surface area contributed by atoms with E-state index in [2.05, 4.69) is 16.0 Å². The normalized spacial score (nSPS) is 23.0. The van der Waals surface area contributed by atoms with E-state index in [1.807, 2.05) is 48.5 Å². The molecule has 4 atom stereocenters. The van der Waals surface area contributed by atoms with Crippen LogP contribution in [0.25, 0.3) is 21.5 Å². The Morgan fingerprint density at radius 3 is 1.76 bits per heavy atom. The molecule has 2 fully saturated rings. The number of imide groups is 2. The van der Waals surface area contributed by atoms with Crippen molar-refractivity contribution < 1.29 is 33.5 Å². The largest absolute Gasteiger partial charge is 0.420 e. The van der Waals surface area contributed by atoms with Gasteiger partial charge in [-0.3, -0.25) is 39.6 Å². The monoisotopic (exact) mass is 659 g/mol. The van der Waals surface area contributed by atoms with E-state index in [9.17, 15) is 28.8 Å². The Morgan fingerprint density at radius 1 is 0.653 bits per heavy atom. The molecule has 4 aromatic carbocycles. The smallest absolute Gasteiger partial charge is 0.409 e. The summed E-state index contributed by atoms with van der Waals surface area (Å²) in [4.78, 5) is 84.3. The standard InChI is InChI=1S/C37H33N5O7/c1-36(22-15-17-28(43)39-32(22)45,41-25-12-4-8-20-7-3-11-24(30(20)25)38-34(41)47)19-37(2,23-16-18-29(44)40-33(23)46)42-26-13-5-9-21-10-6-14-27(31(21)26)49-35(42)48/h3-14,22-23H,15-19H2,1-2H3,(H,38,47)(H,39,43,45)(H,40,44,46). The van der Waals surface area contributed by atoms with Gasteiger partial charge in [-0.25, -0.2) is 9.59 Å². The summed E-state index contributed by atoms with van der Waals surface area (Å²) >= 11 is 0. The molecule has 7 amide bonds. The number of rotatable bonds is 6. The van der Waals surface area contributed by atoms with Gasteiger partial charge in [-0.05, 0) is 68.1 Å². The summed E-state index contributed by atoms with van der Waals surface area (Å²) in [5.74, 6) is -3.50. The van der Waals surface area contributed by atoms with E-state index in [0.717, 1.165) is 16.2 Å². The van der Waals surface area contributed by atoms with Crippen molar-refractivity contribution in [2.45, 2.75) is 57.0 Å². The Kier molecular flexibility index (Phi) is 6.78. The summed E-state index contributed by atoms with van der Waals surface area (Å²) in [6, 6.07) is 21.5. The number of ether oxygens (including phenoxy) is 1. The summed E-state index contributed by atoms with van der Waals surface area (Å²) < 4.78 is 5.94. The highest BCUT2D eigenvalue weighted by molar-refractivity contribution is 6.20. The van der Waals surface area contributed by atoms with Gasteiger partial charge in [-0.2, -0.15) is 0 Å². The molecule has 3 N–H and O–H groups in total. The number of carbonyl (C=O) groups excluding carboxylic acids is 6. The predicted molar refractivity (Wildman–Crippen MR) is 181 cm³/mol. The zero-order chi connectivity index (χ0) is 34.2. The molecule has 12 heteroatoms. The molecular weight excluding hydrogens is 626 g/mol. The first-order chi connectivity index (χ1) is 23.5. The first-order valence-corrected chi connectivity index (χ1v) is 16.3. The number of amides is 7. The highest BCUT2D eigenvalue weighted by Crippen LogP contribution is 2.52. The molecule has 4 heterocycles. The first kappa shape index (κ1) is 30.5. The number of benzene rings is 4. The fourth-order valence-corrected chi connectivity index (χ4v) is 8.69. The van der Waals surface area contributed by atoms with Gasteiger partial charge in [0.15, 0.2) is 0 Å². The molecule has 0 aliphatic carbocycles. The number of nitrogens with one attached hydrogen (secondary N) is 3. The van der Waals surface area contributed by atoms with Crippen LogP contribution >= 0.6 is 0 Å². The van der Waals surface area contributed by atoms with Crippen molar-refractivity contribution in [2.75, 3.05) is 15.1 Å². The fourth-order valence-electron chi connectivity index (χ4n) is 8.69. The number of hydrogen-bond acceptors (Lipinski definition) is 7. The summed E-state index contributed by atoms with van der Waals surface area (Å²) in [5, 5.41) is 11.0. The molecule has 4 aliphatic heterocycles. The molecule has 2 saturated heterocycles. The third-order valence-electron chi connectivity index (χ3n) is 10.8. The van der Waals surface area contributed by atoms with E-state index in [-0.39, 0.29) is 32.1 Å². The van der Waals surface area contributed by atoms with Crippen LogP contribution in [0.3, 0.4) is 0 Å². The number of anilines is 3. The van der Waals surface area contributed by atoms with Crippen molar-refractivity contribution in [3.05, 3.63) is 72.8 Å². The molecule has 0 spiro atoms. The van der Waals surface area contributed by atoms with Crippen LogP contribution < -0.4 is 30.5 Å². The number of nitrogens with zero attached hydrogens (tertiary/aromatic N) is 2. The Balaban J connectivity index is 1.37. The molecular formula is C37H33N5O7. The second-order valence-electron chi connectivity index (χ2n) is 13.7. The second kappa shape index (κ2) is 10.9. The molecule has 0 saturated carbocycles. The van der Waals surface area contributed by atoms with Crippen molar-refractivity contribution in [1.82, 2.24) is 10.6 Å². The molecule has 4 aliphatic rings. The second-order valence-corrected chi connectivity index (χ2v) is 13.7. The maximum absolute atomic E-state index is 14.4. The summed E-state index contributed by atoms with van der Waals surface area (Å²) in [6.07, 6.45) is -0.551. The Labute approximate surface area is 280 Å². The zero-order valence-corrected chi connectivity index (χ0v) is 26.9. The van der Waals surface area contributed by atoms with E-state index in [0.29, 0.717) is 28.2 Å². The number of piperidine rings is 2. The van der Waals surface area contributed by atoms with Gasteiger partial charge in [0, 0.05) is 23.6 Å². The quantitative estimate of drug-likeness (QED) is 0.235. The molecule has 4 unspecified atom stereocenters. The van der Waals surface area contributed by atoms with Gasteiger partial charge < -0.3 is 10.1 Å². The van der Waals surface area contributed by atoms with Gasteiger partial charge in [-0.15, -0.1) is 0 Å². The Morgan fingerprint density at radius 2 is 1.16 bits per heavy atom. The van der Waals surface area contributed by atoms with Crippen LogP contribution in [0, 0.1) is 11.8 Å². The lowest BCUT2D eigenvalue weighted by Crippen LogP contribution is -2.69. The highest BCUT2D eigenvalue weighted by Gasteiger charge is 2.59. The number of hydrogen-bond donors (Lipinski definition) is 3. The molecule has 49 heavy (non-hydrogen) atoms. The maximum Gasteiger partial charge on any atom is 0.420 e. The topological polar surface area (TPSA) is 154 Å². The highest BCUT2D eigenvalue weighted by atomic mass is 16.6. The van der Waals surface area contributed by atoms with Crippen molar-refractivity contribution in [3.63, 3.8) is 0 Å². The molecule has 0 aromatic heterocycles. The van der Waals surface area contributed by atoms with Gasteiger partial charge in [0.1, 0.15) is 5.75 Å². The lowest BCUT2D eigenvalue weighted by molar-refractivity contribution is -0.138. The lowest BCUT2D eigenvalue weighted by Gasteiger charge is -2.55. The minimum absolute atomic E-state index is 0.0295. The van der Waals surface area contributed by atoms with E-state index in [1.54, 1.807) is 43.0 Å². The summed E-state index contributed by atoms with van der Waals surface area (Å²) in [7, 11) is 0. The number of urea groups is 1. The third kappa shape index (κ3) is 4.57. The summed E-state index contributed by atoms with van der Waals surface area (Å²) in [6.45, 7) is 3.52. The maximum atomic E-state index is 14.4. The molecule has 12 nitrogen and oxygen atoms in total. The van der Waals surface area contributed by atoms with E-state index >= 15 is 0 Å². The molecule has 4 aromatic rings. The van der Waals surface area contributed by atoms with Crippen LogP contribution in [-0.4, -0.2) is 46.8 Å². The van der Waals surface area contributed by atoms with Crippen LogP contribution in [0.15, 0.2) is 72.8 Å². The molecule has 248 valence electrons. The van der Waals surface area contributed by atoms with Crippen molar-refractivity contribution in [3.8, 4) is 5.75 Å². The van der Waals surface area contributed by atoms with Crippen LogP contribution in [0.1, 0.15) is 46.0 Å². The van der Waals surface area contributed by atoms with Crippen LogP contribution in [0.5, 0.6) is 5.75 Å². The zero-order valence-electron chi connectivity index (χ0n) is 26.9. The Hall–Kier alpha value is -5.78. The van der Waals surface area contributed by atoms with Crippen LogP contribution in [0.2, 0.25) is 0 Å². The van der Waals surface area contributed by atoms with E-state index < -0.39 is 58.7 Å². The van der Waals surface area contributed by atoms with E-state index in [4.69, 9.17) is 4.74 Å². The SMILES string of the molecule is CC(CC(C)(C1CCC(=O)NC1=O)N1C(=O)Oc2cccc3cccc1c23)(C1CCC(=O)NC1=O)N1C(=O)Nc2cccc3cccc1c23. The van der Waals surface area contributed by atoms with Crippen LogP contribution in [-0.2, 0) is 19.2 Å². The van der Waals surface area contributed by atoms with Crippen molar-refractivity contribution in [1.29, 1.82) is 0 Å². The molecule has 0 bridgehead atoms. The molecule has 0 radical (unpaired) electrons. The fraction of sp³-hybridized carbons (Fsp3) is 0.297. The minimum Gasteiger partial charge on any atom is -0.409 e. The van der Waals surface area contributed by atoms with Gasteiger partial charge in [0.25, 0.3) is 0 Å². The van der Waals surface area contributed by atoms with Gasteiger partial charge >= 0.3 is 12.1 Å². The predicted octanol–water partition coefficient (Wildman–Crippen LogP) is 5.38. The van der Waals surface area contributed by atoms with Gasteiger partial charge in [0.2, 0.25) is 23.6 Å². The molecule has 8 rings (SSSR count). The lowest BCUT2D eigenvalue weighted by atomic mass is 9.65. The van der Waals surface area contributed by atoms with Crippen molar-refractivity contribution in [2.24, 2.45) is 11.8 Å². The van der Waals surface area contributed by atoms with Gasteiger partial charge in [-0.1, -0.05) is 48.5 Å². The van der Waals surface area contributed by atoms with Gasteiger partial charge in [0.05, 0.1) is 40.0 Å². The van der Waals surface area contributed by atoms with Crippen molar-refractivity contribution >= 4 is 74.4 Å². The van der Waals surface area contributed by atoms with E-state index in [1.165, 1.54) is 4.90 Å².